The van der Waals surface area contributed by atoms with Crippen LogP contribution >= 0.6 is 0 Å². The van der Waals surface area contributed by atoms with Crippen LogP contribution in [0.4, 0.5) is 4.39 Å². The van der Waals surface area contributed by atoms with Crippen molar-refractivity contribution in [2.45, 2.75) is 38.5 Å². The van der Waals surface area contributed by atoms with Crippen LogP contribution in [0.15, 0.2) is 18.2 Å². The Labute approximate surface area is 89.3 Å². The number of benzene rings is 1. The van der Waals surface area contributed by atoms with Crippen LogP contribution in [0.1, 0.15) is 42.7 Å². The number of aryl methyl sites for hydroxylation is 1. The maximum Gasteiger partial charge on any atom is 0.140 e. The second-order valence-electron chi connectivity index (χ2n) is 4.27. The average Bonchev–Trinajstić information content (AvgIpc) is 2.20. The van der Waals surface area contributed by atoms with Crippen LogP contribution in [0, 0.1) is 12.7 Å². The number of halogens is 1. The highest BCUT2D eigenvalue weighted by atomic mass is 19.1. The smallest absolute Gasteiger partial charge is 0.140 e. The molecule has 0 amide bonds. The van der Waals surface area contributed by atoms with E-state index < -0.39 is 0 Å². The lowest BCUT2D eigenvalue weighted by Crippen LogP contribution is -2.17. The predicted octanol–water partition coefficient (Wildman–Crippen LogP) is 3.36. The van der Waals surface area contributed by atoms with E-state index in [9.17, 15) is 9.18 Å². The van der Waals surface area contributed by atoms with Crippen molar-refractivity contribution >= 4 is 5.78 Å². The van der Waals surface area contributed by atoms with Gasteiger partial charge in [0.2, 0.25) is 0 Å². The molecule has 0 aromatic heterocycles. The molecule has 1 fully saturated rings. The van der Waals surface area contributed by atoms with Crippen molar-refractivity contribution < 1.29 is 9.18 Å². The molecule has 0 saturated heterocycles. The Balaban J connectivity index is 2.31. The molecule has 0 aliphatic heterocycles. The summed E-state index contributed by atoms with van der Waals surface area (Å²) in [6.07, 6.45) is 3.72. The van der Waals surface area contributed by atoms with E-state index in [1.165, 1.54) is 12.1 Å². The van der Waals surface area contributed by atoms with Crippen molar-refractivity contribution in [3.8, 4) is 0 Å². The first kappa shape index (κ1) is 10.3. The second-order valence-corrected chi connectivity index (χ2v) is 4.27. The van der Waals surface area contributed by atoms with Crippen LogP contribution in [0.3, 0.4) is 0 Å². The van der Waals surface area contributed by atoms with Crippen molar-refractivity contribution in [2.75, 3.05) is 0 Å². The number of hydrogen-bond donors (Lipinski definition) is 0. The van der Waals surface area contributed by atoms with E-state index in [1.54, 1.807) is 6.07 Å². The van der Waals surface area contributed by atoms with Crippen LogP contribution in [0.5, 0.6) is 0 Å². The fraction of sp³-hybridized carbons (Fsp3) is 0.462. The van der Waals surface area contributed by atoms with Gasteiger partial charge in [0, 0.05) is 12.3 Å². The SMILES string of the molecule is Cc1cc(F)ccc1C1CCCCC1=O. The van der Waals surface area contributed by atoms with Gasteiger partial charge in [-0.1, -0.05) is 12.5 Å². The quantitative estimate of drug-likeness (QED) is 0.688. The van der Waals surface area contributed by atoms with Crippen molar-refractivity contribution in [1.82, 2.24) is 0 Å². The molecule has 0 spiro atoms. The Morgan fingerprint density at radius 1 is 1.33 bits per heavy atom. The van der Waals surface area contributed by atoms with E-state index in [1.807, 2.05) is 6.92 Å². The lowest BCUT2D eigenvalue weighted by Gasteiger charge is -2.22. The summed E-state index contributed by atoms with van der Waals surface area (Å²) in [7, 11) is 0. The minimum atomic E-state index is -0.223. The minimum Gasteiger partial charge on any atom is -0.299 e. The molecule has 1 nitrogen and oxygen atoms in total. The standard InChI is InChI=1S/C13H15FO/c1-9-8-10(14)6-7-11(9)12-4-2-3-5-13(12)15/h6-8,12H,2-5H2,1H3. The summed E-state index contributed by atoms with van der Waals surface area (Å²) >= 11 is 0. The molecule has 15 heavy (non-hydrogen) atoms. The van der Waals surface area contributed by atoms with Gasteiger partial charge in [0.15, 0.2) is 0 Å². The first-order chi connectivity index (χ1) is 7.18. The first-order valence-electron chi connectivity index (χ1n) is 5.47. The Hall–Kier alpha value is -1.18. The zero-order valence-corrected chi connectivity index (χ0v) is 8.92. The van der Waals surface area contributed by atoms with Gasteiger partial charge in [0.25, 0.3) is 0 Å². The molecule has 1 unspecified atom stereocenters. The highest BCUT2D eigenvalue weighted by Gasteiger charge is 2.24. The molecular formula is C13H15FO. The molecule has 0 heterocycles. The summed E-state index contributed by atoms with van der Waals surface area (Å²) in [6.45, 7) is 1.88. The fourth-order valence-corrected chi connectivity index (χ4v) is 2.34. The van der Waals surface area contributed by atoms with E-state index in [-0.39, 0.29) is 11.7 Å². The lowest BCUT2D eigenvalue weighted by molar-refractivity contribution is -0.121. The van der Waals surface area contributed by atoms with Crippen molar-refractivity contribution in [1.29, 1.82) is 0 Å². The minimum absolute atomic E-state index is 0.0133. The van der Waals surface area contributed by atoms with Gasteiger partial charge in [-0.2, -0.15) is 0 Å². The molecular weight excluding hydrogens is 191 g/mol. The van der Waals surface area contributed by atoms with Crippen LogP contribution in [0.2, 0.25) is 0 Å². The number of Topliss-reactive ketones (excluding diaryl/α,β-unsaturated/α-hetero) is 1. The van der Waals surface area contributed by atoms with Gasteiger partial charge in [-0.3, -0.25) is 4.79 Å². The van der Waals surface area contributed by atoms with Crippen LogP contribution in [-0.2, 0) is 4.79 Å². The van der Waals surface area contributed by atoms with Gasteiger partial charge in [-0.05, 0) is 43.0 Å². The Kier molecular flexibility index (Phi) is 2.85. The van der Waals surface area contributed by atoms with Gasteiger partial charge in [-0.25, -0.2) is 4.39 Å². The fourth-order valence-electron chi connectivity index (χ4n) is 2.34. The summed E-state index contributed by atoms with van der Waals surface area (Å²) in [4.78, 5) is 11.7. The molecule has 0 N–H and O–H groups in total. The topological polar surface area (TPSA) is 17.1 Å². The molecule has 1 aliphatic rings. The molecule has 0 radical (unpaired) electrons. The third-order valence-corrected chi connectivity index (χ3v) is 3.16. The maximum absolute atomic E-state index is 12.9. The predicted molar refractivity (Wildman–Crippen MR) is 57.4 cm³/mol. The Bertz CT molecular complexity index is 384. The third kappa shape index (κ3) is 2.09. The van der Waals surface area contributed by atoms with Crippen LogP contribution in [0.25, 0.3) is 0 Å². The number of rotatable bonds is 1. The first-order valence-corrected chi connectivity index (χ1v) is 5.47. The molecule has 80 valence electrons. The van der Waals surface area contributed by atoms with Crippen LogP contribution in [-0.4, -0.2) is 5.78 Å². The second kappa shape index (κ2) is 4.13. The van der Waals surface area contributed by atoms with Gasteiger partial charge >= 0.3 is 0 Å². The Morgan fingerprint density at radius 3 is 2.80 bits per heavy atom. The van der Waals surface area contributed by atoms with E-state index in [2.05, 4.69) is 0 Å². The molecule has 1 atom stereocenters. The molecule has 2 heteroatoms. The Morgan fingerprint density at radius 2 is 2.13 bits per heavy atom. The molecule has 1 aromatic rings. The normalized spacial score (nSPS) is 21.7. The molecule has 2 rings (SSSR count). The third-order valence-electron chi connectivity index (χ3n) is 3.16. The van der Waals surface area contributed by atoms with E-state index in [4.69, 9.17) is 0 Å². The molecule has 1 saturated carbocycles. The average molecular weight is 206 g/mol. The highest BCUT2D eigenvalue weighted by Crippen LogP contribution is 2.31. The summed E-state index contributed by atoms with van der Waals surface area (Å²) in [6, 6.07) is 4.72. The van der Waals surface area contributed by atoms with E-state index >= 15 is 0 Å². The number of ketones is 1. The number of carbonyl (C=O) groups is 1. The molecule has 1 aromatic carbocycles. The summed E-state index contributed by atoms with van der Waals surface area (Å²) in [5.41, 5.74) is 1.91. The highest BCUT2D eigenvalue weighted by molar-refractivity contribution is 5.86. The number of carbonyl (C=O) groups excluding carboxylic acids is 1. The van der Waals surface area contributed by atoms with E-state index in [0.29, 0.717) is 12.2 Å². The van der Waals surface area contributed by atoms with E-state index in [0.717, 1.165) is 30.4 Å². The van der Waals surface area contributed by atoms with Crippen molar-refractivity contribution in [2.24, 2.45) is 0 Å². The lowest BCUT2D eigenvalue weighted by atomic mass is 9.81. The van der Waals surface area contributed by atoms with Gasteiger partial charge in [-0.15, -0.1) is 0 Å². The zero-order chi connectivity index (χ0) is 10.8. The zero-order valence-electron chi connectivity index (χ0n) is 8.92. The number of hydrogen-bond acceptors (Lipinski definition) is 1. The van der Waals surface area contributed by atoms with Crippen molar-refractivity contribution in [3.63, 3.8) is 0 Å². The van der Waals surface area contributed by atoms with Gasteiger partial charge in [0.1, 0.15) is 11.6 Å². The monoisotopic (exact) mass is 206 g/mol. The van der Waals surface area contributed by atoms with Crippen LogP contribution < -0.4 is 0 Å². The molecule has 1 aliphatic carbocycles. The maximum atomic E-state index is 12.9. The summed E-state index contributed by atoms with van der Waals surface area (Å²) in [5.74, 6) is 0.106. The largest absolute Gasteiger partial charge is 0.299 e. The van der Waals surface area contributed by atoms with Gasteiger partial charge < -0.3 is 0 Å². The van der Waals surface area contributed by atoms with Gasteiger partial charge in [0.05, 0.1) is 0 Å². The van der Waals surface area contributed by atoms with Crippen molar-refractivity contribution in [3.05, 3.63) is 35.1 Å². The molecule has 0 bridgehead atoms. The summed E-state index contributed by atoms with van der Waals surface area (Å²) < 4.78 is 12.9. The summed E-state index contributed by atoms with van der Waals surface area (Å²) in [5, 5.41) is 0.